The second kappa shape index (κ2) is 8.28. The van der Waals surface area contributed by atoms with Crippen LogP contribution in [0.2, 0.25) is 0 Å². The summed E-state index contributed by atoms with van der Waals surface area (Å²) in [6.07, 6.45) is 0. The highest BCUT2D eigenvalue weighted by Crippen LogP contribution is 2.39. The molecule has 2 aromatic carbocycles. The summed E-state index contributed by atoms with van der Waals surface area (Å²) in [6.45, 7) is 6.05. The van der Waals surface area contributed by atoms with Crippen LogP contribution in [0.15, 0.2) is 53.9 Å². The zero-order valence-electron chi connectivity index (χ0n) is 17.8. The molecule has 0 aliphatic carbocycles. The van der Waals surface area contributed by atoms with Crippen molar-refractivity contribution in [2.24, 2.45) is 0 Å². The Morgan fingerprint density at radius 1 is 1.13 bits per heavy atom. The molecule has 0 unspecified atom stereocenters. The Morgan fingerprint density at radius 3 is 2.55 bits per heavy atom. The SMILES string of the molecule is COc1ccc(Nc2c(-c3cc(C)cs3)c(C)nn2-c2ccccc2C)c(C(=O)O)c1. The minimum Gasteiger partial charge on any atom is -0.497 e. The third-order valence-corrected chi connectivity index (χ3v) is 6.16. The molecule has 0 amide bonds. The summed E-state index contributed by atoms with van der Waals surface area (Å²) < 4.78 is 7.06. The van der Waals surface area contributed by atoms with Crippen molar-refractivity contribution >= 4 is 28.8 Å². The van der Waals surface area contributed by atoms with Gasteiger partial charge in [-0.15, -0.1) is 11.3 Å². The Bertz CT molecular complexity index is 1270. The molecule has 31 heavy (non-hydrogen) atoms. The molecule has 0 fully saturated rings. The van der Waals surface area contributed by atoms with E-state index in [1.807, 2.05) is 42.8 Å². The van der Waals surface area contributed by atoms with E-state index < -0.39 is 5.97 Å². The van der Waals surface area contributed by atoms with Gasteiger partial charge < -0.3 is 15.2 Å². The van der Waals surface area contributed by atoms with Crippen LogP contribution < -0.4 is 10.1 Å². The lowest BCUT2D eigenvalue weighted by Crippen LogP contribution is -2.08. The molecule has 0 spiro atoms. The van der Waals surface area contributed by atoms with Gasteiger partial charge in [0.1, 0.15) is 11.6 Å². The third-order valence-electron chi connectivity index (χ3n) is 5.09. The van der Waals surface area contributed by atoms with Gasteiger partial charge in [0.05, 0.1) is 35.3 Å². The first-order valence-corrected chi connectivity index (χ1v) is 10.7. The molecular weight excluding hydrogens is 410 g/mol. The number of aromatic nitrogens is 2. The molecule has 4 aromatic rings. The lowest BCUT2D eigenvalue weighted by Gasteiger charge is -2.15. The Morgan fingerprint density at radius 2 is 1.90 bits per heavy atom. The Balaban J connectivity index is 1.94. The molecule has 2 N–H and O–H groups in total. The molecule has 0 saturated carbocycles. The highest BCUT2D eigenvalue weighted by molar-refractivity contribution is 7.13. The van der Waals surface area contributed by atoms with Gasteiger partial charge in [0, 0.05) is 4.88 Å². The van der Waals surface area contributed by atoms with Crippen molar-refractivity contribution in [2.45, 2.75) is 20.8 Å². The Hall–Kier alpha value is -3.58. The number of carboxylic acids is 1. The monoisotopic (exact) mass is 433 g/mol. The number of aromatic carboxylic acids is 1. The van der Waals surface area contributed by atoms with Crippen LogP contribution in [-0.4, -0.2) is 28.0 Å². The molecule has 2 heterocycles. The number of para-hydroxylation sites is 1. The summed E-state index contributed by atoms with van der Waals surface area (Å²) in [7, 11) is 1.52. The highest BCUT2D eigenvalue weighted by Gasteiger charge is 2.22. The van der Waals surface area contributed by atoms with Gasteiger partial charge in [0.2, 0.25) is 0 Å². The minimum absolute atomic E-state index is 0.128. The number of hydrogen-bond donors (Lipinski definition) is 2. The topological polar surface area (TPSA) is 76.4 Å². The van der Waals surface area contributed by atoms with Crippen LogP contribution in [0.5, 0.6) is 5.75 Å². The van der Waals surface area contributed by atoms with Crippen molar-refractivity contribution in [1.82, 2.24) is 9.78 Å². The number of anilines is 2. The van der Waals surface area contributed by atoms with Gasteiger partial charge in [-0.1, -0.05) is 18.2 Å². The number of carboxylic acid groups (broad SMARTS) is 1. The van der Waals surface area contributed by atoms with E-state index in [1.54, 1.807) is 23.5 Å². The Kier molecular flexibility index (Phi) is 5.52. The maximum absolute atomic E-state index is 11.9. The van der Waals surface area contributed by atoms with Crippen LogP contribution in [0.4, 0.5) is 11.5 Å². The van der Waals surface area contributed by atoms with Crippen molar-refractivity contribution < 1.29 is 14.6 Å². The predicted molar refractivity (Wildman–Crippen MR) is 124 cm³/mol. The number of thiophene rings is 1. The van der Waals surface area contributed by atoms with Gasteiger partial charge >= 0.3 is 5.97 Å². The van der Waals surface area contributed by atoms with Crippen molar-refractivity contribution in [3.8, 4) is 21.9 Å². The molecule has 4 rings (SSSR count). The van der Waals surface area contributed by atoms with Gasteiger partial charge in [0.25, 0.3) is 0 Å². The minimum atomic E-state index is -1.03. The molecule has 0 atom stereocenters. The third kappa shape index (κ3) is 3.92. The number of carbonyl (C=O) groups is 1. The van der Waals surface area contributed by atoms with Crippen LogP contribution in [0.25, 0.3) is 16.1 Å². The van der Waals surface area contributed by atoms with Crippen LogP contribution >= 0.6 is 11.3 Å². The van der Waals surface area contributed by atoms with Gasteiger partial charge in [-0.2, -0.15) is 5.10 Å². The number of nitrogens with zero attached hydrogens (tertiary/aromatic N) is 2. The normalized spacial score (nSPS) is 10.8. The summed E-state index contributed by atoms with van der Waals surface area (Å²) in [4.78, 5) is 13.0. The van der Waals surface area contributed by atoms with Crippen molar-refractivity contribution in [3.05, 3.63) is 76.3 Å². The van der Waals surface area contributed by atoms with Gasteiger partial charge in [-0.05, 0) is 67.6 Å². The van der Waals surface area contributed by atoms with E-state index in [2.05, 4.69) is 23.7 Å². The second-order valence-electron chi connectivity index (χ2n) is 7.34. The number of rotatable bonds is 6. The maximum Gasteiger partial charge on any atom is 0.337 e. The standard InChI is InChI=1S/C24H23N3O3S/c1-14-11-21(31-13-14)22-16(3)26-27(20-8-6-5-7-15(20)2)23(22)25-19-10-9-17(30-4)12-18(19)24(28)29/h5-13,25H,1-4H3,(H,28,29). The van der Waals surface area contributed by atoms with E-state index >= 15 is 0 Å². The number of ether oxygens (including phenoxy) is 1. The zero-order chi connectivity index (χ0) is 22.1. The summed E-state index contributed by atoms with van der Waals surface area (Å²) in [5.41, 5.74) is 5.57. The fourth-order valence-corrected chi connectivity index (χ4v) is 4.54. The molecule has 0 radical (unpaired) electrons. The van der Waals surface area contributed by atoms with Crippen LogP contribution in [0.1, 0.15) is 27.2 Å². The first-order valence-electron chi connectivity index (χ1n) is 9.78. The molecule has 7 heteroatoms. The van der Waals surface area contributed by atoms with E-state index in [0.717, 1.165) is 33.2 Å². The van der Waals surface area contributed by atoms with Crippen LogP contribution in [-0.2, 0) is 0 Å². The average Bonchev–Trinajstić information content (AvgIpc) is 3.31. The lowest BCUT2D eigenvalue weighted by molar-refractivity contribution is 0.0697. The number of benzene rings is 2. The fourth-order valence-electron chi connectivity index (χ4n) is 3.54. The predicted octanol–water partition coefficient (Wildman–Crippen LogP) is 5.98. The first-order chi connectivity index (χ1) is 14.9. The van der Waals surface area contributed by atoms with Gasteiger partial charge in [-0.3, -0.25) is 0 Å². The molecule has 0 saturated heterocycles. The molecule has 0 aliphatic heterocycles. The largest absolute Gasteiger partial charge is 0.497 e. The number of nitrogens with one attached hydrogen (secondary N) is 1. The van der Waals surface area contributed by atoms with Crippen molar-refractivity contribution in [3.63, 3.8) is 0 Å². The summed E-state index contributed by atoms with van der Waals surface area (Å²) in [6, 6.07) is 15.1. The number of hydrogen-bond acceptors (Lipinski definition) is 5. The number of methoxy groups -OCH3 is 1. The first kappa shape index (κ1) is 20.7. The van der Waals surface area contributed by atoms with E-state index in [9.17, 15) is 9.90 Å². The molecule has 2 aromatic heterocycles. The van der Waals surface area contributed by atoms with Gasteiger partial charge in [0.15, 0.2) is 0 Å². The molecule has 0 aliphatic rings. The molecule has 6 nitrogen and oxygen atoms in total. The summed E-state index contributed by atoms with van der Waals surface area (Å²) in [5.74, 6) is 0.176. The van der Waals surface area contributed by atoms with Crippen molar-refractivity contribution in [2.75, 3.05) is 12.4 Å². The van der Waals surface area contributed by atoms with Crippen molar-refractivity contribution in [1.29, 1.82) is 0 Å². The van der Waals surface area contributed by atoms with Crippen LogP contribution in [0, 0.1) is 20.8 Å². The molecular formula is C24H23N3O3S. The number of aryl methyl sites for hydroxylation is 3. The average molecular weight is 434 g/mol. The highest BCUT2D eigenvalue weighted by atomic mass is 32.1. The maximum atomic E-state index is 11.9. The zero-order valence-corrected chi connectivity index (χ0v) is 18.6. The van der Waals surface area contributed by atoms with Crippen LogP contribution in [0.3, 0.4) is 0 Å². The molecule has 158 valence electrons. The smallest absolute Gasteiger partial charge is 0.337 e. The fraction of sp³-hybridized carbons (Fsp3) is 0.167. The second-order valence-corrected chi connectivity index (χ2v) is 8.25. The lowest BCUT2D eigenvalue weighted by atomic mass is 10.1. The molecule has 0 bridgehead atoms. The summed E-state index contributed by atoms with van der Waals surface area (Å²) in [5, 5.41) is 20.1. The Labute approximate surface area is 184 Å². The van der Waals surface area contributed by atoms with E-state index in [4.69, 9.17) is 9.84 Å². The quantitative estimate of drug-likeness (QED) is 0.391. The summed E-state index contributed by atoms with van der Waals surface area (Å²) >= 11 is 1.64. The van der Waals surface area contributed by atoms with E-state index in [-0.39, 0.29) is 5.56 Å². The van der Waals surface area contributed by atoms with E-state index in [1.165, 1.54) is 18.7 Å². The van der Waals surface area contributed by atoms with Gasteiger partial charge in [-0.25, -0.2) is 9.48 Å². The van der Waals surface area contributed by atoms with E-state index in [0.29, 0.717) is 11.4 Å².